The van der Waals surface area contributed by atoms with Crippen molar-refractivity contribution in [3.8, 4) is 0 Å². The van der Waals surface area contributed by atoms with Crippen molar-refractivity contribution >= 4 is 12.0 Å². The van der Waals surface area contributed by atoms with Crippen molar-refractivity contribution < 1.29 is 32.6 Å². The first kappa shape index (κ1) is 17.3. The van der Waals surface area contributed by atoms with Gasteiger partial charge in [0, 0.05) is 0 Å². The molecule has 0 radical (unpaired) electrons. The number of carbonyl (C=O) groups excluding carboxylic acids is 2. The highest BCUT2D eigenvalue weighted by Gasteiger charge is 2.44. The highest BCUT2D eigenvalue weighted by molar-refractivity contribution is 5.94. The molecule has 1 aromatic carbocycles. The van der Waals surface area contributed by atoms with Crippen LogP contribution in [-0.4, -0.2) is 47.4 Å². The maximum absolute atomic E-state index is 12.5. The number of halogens is 3. The van der Waals surface area contributed by atoms with Crippen molar-refractivity contribution in [1.29, 1.82) is 0 Å². The lowest BCUT2D eigenvalue weighted by Gasteiger charge is -2.24. The average molecular weight is 331 g/mol. The Labute approximate surface area is 130 Å². The molecule has 1 aliphatic heterocycles. The molecule has 2 unspecified atom stereocenters. The third-order valence-corrected chi connectivity index (χ3v) is 3.56. The molecule has 0 aliphatic carbocycles. The largest absolute Gasteiger partial charge is 0.447 e. The van der Waals surface area contributed by atoms with Crippen LogP contribution >= 0.6 is 0 Å². The van der Waals surface area contributed by atoms with Crippen LogP contribution < -0.4 is 0 Å². The number of hydrogen-bond donors (Lipinski definition) is 1. The molecule has 5 nitrogen and oxygen atoms in total. The van der Waals surface area contributed by atoms with Gasteiger partial charge in [-0.2, -0.15) is 13.2 Å². The Kier molecular flexibility index (Phi) is 5.25. The molecule has 1 aromatic rings. The number of imide groups is 1. The topological polar surface area (TPSA) is 66.8 Å². The first-order valence-electron chi connectivity index (χ1n) is 7.03. The molecular weight excluding hydrogens is 315 g/mol. The summed E-state index contributed by atoms with van der Waals surface area (Å²) in [4.78, 5) is 24.6. The van der Waals surface area contributed by atoms with Gasteiger partial charge in [0.15, 0.2) is 0 Å². The van der Waals surface area contributed by atoms with Crippen LogP contribution in [0.5, 0.6) is 0 Å². The van der Waals surface area contributed by atoms with E-state index in [9.17, 15) is 22.8 Å². The molecule has 1 heterocycles. The zero-order chi connectivity index (χ0) is 17.0. The summed E-state index contributed by atoms with van der Waals surface area (Å²) in [7, 11) is 0. The van der Waals surface area contributed by atoms with E-state index in [1.165, 1.54) is 0 Å². The summed E-state index contributed by atoms with van der Waals surface area (Å²) < 4.78 is 42.2. The molecule has 1 aliphatic rings. The Hall–Kier alpha value is -2.09. The van der Waals surface area contributed by atoms with Crippen molar-refractivity contribution in [2.24, 2.45) is 5.92 Å². The lowest BCUT2D eigenvalue weighted by atomic mass is 10.0. The minimum absolute atomic E-state index is 0.0797. The van der Waals surface area contributed by atoms with E-state index in [4.69, 9.17) is 9.84 Å². The van der Waals surface area contributed by atoms with Crippen molar-refractivity contribution in [2.45, 2.75) is 25.1 Å². The molecule has 1 fully saturated rings. The van der Waals surface area contributed by atoms with Gasteiger partial charge in [0.25, 0.3) is 0 Å². The minimum Gasteiger partial charge on any atom is -0.447 e. The highest BCUT2D eigenvalue weighted by atomic mass is 19.4. The number of amides is 2. The van der Waals surface area contributed by atoms with Crippen LogP contribution in [0, 0.1) is 5.92 Å². The minimum atomic E-state index is -4.61. The van der Waals surface area contributed by atoms with Gasteiger partial charge in [0.1, 0.15) is 6.61 Å². The number of rotatable bonds is 5. The van der Waals surface area contributed by atoms with Gasteiger partial charge in [-0.3, -0.25) is 4.79 Å². The van der Waals surface area contributed by atoms with Crippen LogP contribution in [0.3, 0.4) is 0 Å². The Morgan fingerprint density at radius 1 is 1.35 bits per heavy atom. The van der Waals surface area contributed by atoms with Crippen LogP contribution in [0.15, 0.2) is 30.3 Å². The SMILES string of the molecule is O=C1OCC(Cc2ccccc2)N1C(=O)C(CO)CC(F)(F)F. The molecular formula is C15H16F3NO4. The zero-order valence-electron chi connectivity index (χ0n) is 12.1. The lowest BCUT2D eigenvalue weighted by Crippen LogP contribution is -2.45. The fourth-order valence-corrected chi connectivity index (χ4v) is 2.47. The molecule has 0 bridgehead atoms. The summed E-state index contributed by atoms with van der Waals surface area (Å²) >= 11 is 0. The molecule has 1 N–H and O–H groups in total. The van der Waals surface area contributed by atoms with E-state index in [0.29, 0.717) is 4.90 Å². The number of nitrogens with zero attached hydrogens (tertiary/aromatic N) is 1. The van der Waals surface area contributed by atoms with E-state index in [0.717, 1.165) is 5.56 Å². The van der Waals surface area contributed by atoms with Gasteiger partial charge in [0.05, 0.1) is 25.0 Å². The fourth-order valence-electron chi connectivity index (χ4n) is 2.47. The number of aliphatic hydroxyl groups is 1. The number of alkyl halides is 3. The molecule has 2 rings (SSSR count). The van der Waals surface area contributed by atoms with E-state index in [2.05, 4.69) is 0 Å². The summed E-state index contributed by atoms with van der Waals surface area (Å²) in [6.07, 6.45) is -6.79. The van der Waals surface area contributed by atoms with Crippen molar-refractivity contribution in [2.75, 3.05) is 13.2 Å². The van der Waals surface area contributed by atoms with Gasteiger partial charge >= 0.3 is 12.3 Å². The quantitative estimate of drug-likeness (QED) is 0.898. The van der Waals surface area contributed by atoms with E-state index in [1.54, 1.807) is 30.3 Å². The first-order chi connectivity index (χ1) is 10.8. The first-order valence-corrected chi connectivity index (χ1v) is 7.03. The number of hydrogen-bond acceptors (Lipinski definition) is 4. The molecule has 2 amide bonds. The van der Waals surface area contributed by atoms with Crippen molar-refractivity contribution in [3.63, 3.8) is 0 Å². The smallest absolute Gasteiger partial charge is 0.416 e. The third-order valence-electron chi connectivity index (χ3n) is 3.56. The summed E-state index contributed by atoms with van der Waals surface area (Å²) in [5.74, 6) is -2.77. The van der Waals surface area contributed by atoms with Crippen LogP contribution in [0.1, 0.15) is 12.0 Å². The van der Waals surface area contributed by atoms with E-state index >= 15 is 0 Å². The molecule has 0 saturated carbocycles. The van der Waals surface area contributed by atoms with Gasteiger partial charge in [0.2, 0.25) is 5.91 Å². The number of benzene rings is 1. The molecule has 2 atom stereocenters. The second-order valence-electron chi connectivity index (χ2n) is 5.33. The standard InChI is InChI=1S/C15H16F3NO4/c16-15(17,18)7-11(8-20)13(21)19-12(9-23-14(19)22)6-10-4-2-1-3-5-10/h1-5,11-12,20H,6-9H2. The monoisotopic (exact) mass is 331 g/mol. The molecule has 0 spiro atoms. The Balaban J connectivity index is 2.13. The number of aliphatic hydroxyl groups excluding tert-OH is 1. The van der Waals surface area contributed by atoms with E-state index in [-0.39, 0.29) is 13.0 Å². The van der Waals surface area contributed by atoms with Crippen LogP contribution in [0.2, 0.25) is 0 Å². The van der Waals surface area contributed by atoms with Crippen molar-refractivity contribution in [3.05, 3.63) is 35.9 Å². The van der Waals surface area contributed by atoms with Crippen LogP contribution in [-0.2, 0) is 16.0 Å². The average Bonchev–Trinajstić information content (AvgIpc) is 2.85. The van der Waals surface area contributed by atoms with Crippen molar-refractivity contribution in [1.82, 2.24) is 4.90 Å². The van der Waals surface area contributed by atoms with Gasteiger partial charge in [-0.15, -0.1) is 0 Å². The highest BCUT2D eigenvalue weighted by Crippen LogP contribution is 2.28. The molecule has 8 heteroatoms. The van der Waals surface area contributed by atoms with Gasteiger partial charge in [-0.1, -0.05) is 30.3 Å². The normalized spacial score (nSPS) is 19.6. The van der Waals surface area contributed by atoms with Gasteiger partial charge in [-0.25, -0.2) is 9.69 Å². The summed E-state index contributed by atoms with van der Waals surface area (Å²) in [6, 6.07) is 8.24. The zero-order valence-corrected chi connectivity index (χ0v) is 12.1. The van der Waals surface area contributed by atoms with E-state index < -0.39 is 43.2 Å². The predicted molar refractivity (Wildman–Crippen MR) is 73.4 cm³/mol. The van der Waals surface area contributed by atoms with Crippen LogP contribution in [0.4, 0.5) is 18.0 Å². The number of carbonyl (C=O) groups is 2. The second-order valence-corrected chi connectivity index (χ2v) is 5.33. The molecule has 126 valence electrons. The van der Waals surface area contributed by atoms with Gasteiger partial charge in [-0.05, 0) is 12.0 Å². The summed E-state index contributed by atoms with van der Waals surface area (Å²) in [5, 5.41) is 9.08. The Bertz CT molecular complexity index is 562. The molecule has 0 aromatic heterocycles. The molecule has 1 saturated heterocycles. The Morgan fingerprint density at radius 2 is 2.00 bits per heavy atom. The van der Waals surface area contributed by atoms with Crippen LogP contribution in [0.25, 0.3) is 0 Å². The summed E-state index contributed by atoms with van der Waals surface area (Å²) in [6.45, 7) is -1.07. The number of ether oxygens (including phenoxy) is 1. The third kappa shape index (κ3) is 4.44. The maximum atomic E-state index is 12.5. The van der Waals surface area contributed by atoms with Gasteiger partial charge < -0.3 is 9.84 Å². The summed E-state index contributed by atoms with van der Waals surface area (Å²) in [5.41, 5.74) is 0.824. The maximum Gasteiger partial charge on any atom is 0.416 e. The lowest BCUT2D eigenvalue weighted by molar-refractivity contribution is -0.161. The predicted octanol–water partition coefficient (Wildman–Crippen LogP) is 2.14. The second kappa shape index (κ2) is 6.99. The number of cyclic esters (lactones) is 1. The fraction of sp³-hybridized carbons (Fsp3) is 0.467. The van der Waals surface area contributed by atoms with E-state index in [1.807, 2.05) is 0 Å². The Morgan fingerprint density at radius 3 is 2.57 bits per heavy atom. The molecule has 23 heavy (non-hydrogen) atoms.